The van der Waals surface area contributed by atoms with Gasteiger partial charge in [0.1, 0.15) is 12.1 Å². The molecule has 1 aliphatic carbocycles. The Morgan fingerprint density at radius 2 is 1.88 bits per heavy atom. The van der Waals surface area contributed by atoms with Gasteiger partial charge in [-0.3, -0.25) is 14.5 Å². The highest BCUT2D eigenvalue weighted by atomic mass is 16.2. The van der Waals surface area contributed by atoms with Crippen LogP contribution in [0.25, 0.3) is 0 Å². The maximum atomic E-state index is 12.6. The van der Waals surface area contributed by atoms with Gasteiger partial charge in [0.25, 0.3) is 5.91 Å². The van der Waals surface area contributed by atoms with Gasteiger partial charge in [0.15, 0.2) is 0 Å². The zero-order valence-corrected chi connectivity index (χ0v) is 15.0. The van der Waals surface area contributed by atoms with Crippen molar-refractivity contribution in [3.05, 3.63) is 0 Å². The van der Waals surface area contributed by atoms with Gasteiger partial charge >= 0.3 is 6.03 Å². The quantitative estimate of drug-likeness (QED) is 0.501. The highest BCUT2D eigenvalue weighted by Gasteiger charge is 2.47. The van der Waals surface area contributed by atoms with Crippen LogP contribution in [-0.4, -0.2) is 40.9 Å². The third kappa shape index (κ3) is 4.71. The van der Waals surface area contributed by atoms with Crippen molar-refractivity contribution in [3.63, 3.8) is 0 Å². The summed E-state index contributed by atoms with van der Waals surface area (Å²) in [5, 5.41) is 5.71. The van der Waals surface area contributed by atoms with Gasteiger partial charge in [0, 0.05) is 6.04 Å². The summed E-state index contributed by atoms with van der Waals surface area (Å²) in [5.41, 5.74) is -0.864. The monoisotopic (exact) mass is 337 g/mol. The number of hydrogen-bond donors (Lipinski definition) is 2. The van der Waals surface area contributed by atoms with Gasteiger partial charge in [-0.25, -0.2) is 4.79 Å². The zero-order valence-electron chi connectivity index (χ0n) is 15.0. The molecular formula is C18H31N3O3. The molecule has 0 bridgehead atoms. The molecule has 1 saturated heterocycles. The number of hydrogen-bond acceptors (Lipinski definition) is 3. The maximum Gasteiger partial charge on any atom is 0.325 e. The first-order valence-corrected chi connectivity index (χ1v) is 9.40. The van der Waals surface area contributed by atoms with E-state index in [1.54, 1.807) is 6.92 Å². The molecule has 1 saturated carbocycles. The van der Waals surface area contributed by atoms with Crippen LogP contribution >= 0.6 is 0 Å². The number of carbonyl (C=O) groups is 3. The van der Waals surface area contributed by atoms with Crippen LogP contribution in [0.15, 0.2) is 0 Å². The van der Waals surface area contributed by atoms with Crippen molar-refractivity contribution >= 4 is 17.8 Å². The van der Waals surface area contributed by atoms with Crippen LogP contribution in [0.4, 0.5) is 4.79 Å². The van der Waals surface area contributed by atoms with Gasteiger partial charge in [-0.05, 0) is 26.2 Å². The van der Waals surface area contributed by atoms with E-state index >= 15 is 0 Å². The van der Waals surface area contributed by atoms with Crippen molar-refractivity contribution in [2.75, 3.05) is 6.54 Å². The molecule has 4 amide bonds. The number of imide groups is 1. The average Bonchev–Trinajstić information content (AvgIpc) is 3.10. The molecule has 1 atom stereocenters. The molecular weight excluding hydrogens is 306 g/mol. The Hall–Kier alpha value is -1.59. The van der Waals surface area contributed by atoms with E-state index in [1.807, 2.05) is 0 Å². The van der Waals surface area contributed by atoms with Crippen LogP contribution in [0.5, 0.6) is 0 Å². The van der Waals surface area contributed by atoms with Gasteiger partial charge in [-0.2, -0.15) is 0 Å². The van der Waals surface area contributed by atoms with Gasteiger partial charge in [-0.1, -0.05) is 51.9 Å². The predicted octanol–water partition coefficient (Wildman–Crippen LogP) is 2.72. The van der Waals surface area contributed by atoms with E-state index < -0.39 is 11.6 Å². The molecule has 0 aromatic rings. The van der Waals surface area contributed by atoms with Gasteiger partial charge in [0.2, 0.25) is 5.91 Å². The lowest BCUT2D eigenvalue weighted by Gasteiger charge is -2.21. The predicted molar refractivity (Wildman–Crippen MR) is 92.4 cm³/mol. The fourth-order valence-corrected chi connectivity index (χ4v) is 3.63. The first-order chi connectivity index (χ1) is 11.5. The molecule has 1 heterocycles. The van der Waals surface area contributed by atoms with Crippen LogP contribution in [0.2, 0.25) is 0 Å². The zero-order chi connectivity index (χ0) is 17.6. The summed E-state index contributed by atoms with van der Waals surface area (Å²) >= 11 is 0. The second-order valence-corrected chi connectivity index (χ2v) is 7.37. The number of nitrogens with zero attached hydrogens (tertiary/aromatic N) is 1. The molecule has 0 aromatic carbocycles. The fourth-order valence-electron chi connectivity index (χ4n) is 3.63. The summed E-state index contributed by atoms with van der Waals surface area (Å²) in [4.78, 5) is 37.9. The number of rotatable bonds is 9. The van der Waals surface area contributed by atoms with E-state index in [2.05, 4.69) is 17.6 Å². The van der Waals surface area contributed by atoms with Crippen molar-refractivity contribution in [1.29, 1.82) is 0 Å². The number of urea groups is 1. The van der Waals surface area contributed by atoms with Crippen molar-refractivity contribution in [3.8, 4) is 0 Å². The molecule has 6 heteroatoms. The van der Waals surface area contributed by atoms with E-state index in [9.17, 15) is 14.4 Å². The summed E-state index contributed by atoms with van der Waals surface area (Å²) in [6.07, 6.45) is 10.4. The second-order valence-electron chi connectivity index (χ2n) is 7.37. The largest absolute Gasteiger partial charge is 0.352 e. The molecule has 0 radical (unpaired) electrons. The molecule has 1 aliphatic heterocycles. The second kappa shape index (κ2) is 8.49. The fraction of sp³-hybridized carbons (Fsp3) is 0.833. The Morgan fingerprint density at radius 1 is 1.21 bits per heavy atom. The van der Waals surface area contributed by atoms with Gasteiger partial charge in [-0.15, -0.1) is 0 Å². The lowest BCUT2D eigenvalue weighted by atomic mass is 9.94. The minimum Gasteiger partial charge on any atom is -0.352 e. The van der Waals surface area contributed by atoms with E-state index in [4.69, 9.17) is 0 Å². The molecule has 2 aliphatic rings. The van der Waals surface area contributed by atoms with Crippen LogP contribution in [0.3, 0.4) is 0 Å². The summed E-state index contributed by atoms with van der Waals surface area (Å²) in [5.74, 6) is -0.512. The van der Waals surface area contributed by atoms with E-state index in [-0.39, 0.29) is 24.4 Å². The standard InChI is InChI=1S/C18H31N3O3/c1-3-4-5-6-9-12-18(2)16(23)21(17(24)20-18)13-15(22)19-14-10-7-8-11-14/h14H,3-13H2,1-2H3,(H,19,22)(H,20,24). The first-order valence-electron chi connectivity index (χ1n) is 9.40. The highest BCUT2D eigenvalue weighted by Crippen LogP contribution is 2.24. The molecule has 2 rings (SSSR count). The molecule has 0 aromatic heterocycles. The molecule has 136 valence electrons. The maximum absolute atomic E-state index is 12.6. The van der Waals surface area contributed by atoms with Crippen molar-refractivity contribution < 1.29 is 14.4 Å². The Balaban J connectivity index is 1.82. The van der Waals surface area contributed by atoms with Gasteiger partial charge < -0.3 is 10.6 Å². The topological polar surface area (TPSA) is 78.5 Å². The SMILES string of the molecule is CCCCCCCC1(C)NC(=O)N(CC(=O)NC2CCCC2)C1=O. The van der Waals surface area contributed by atoms with Gasteiger partial charge in [0.05, 0.1) is 0 Å². The minimum absolute atomic E-state index is 0.174. The van der Waals surface area contributed by atoms with E-state index in [0.717, 1.165) is 49.8 Å². The number of carbonyl (C=O) groups excluding carboxylic acids is 3. The Kier molecular flexibility index (Phi) is 6.63. The van der Waals surface area contributed by atoms with E-state index in [0.29, 0.717) is 6.42 Å². The summed E-state index contributed by atoms with van der Waals surface area (Å²) in [6, 6.07) is -0.249. The Bertz CT molecular complexity index is 474. The van der Waals surface area contributed by atoms with E-state index in [1.165, 1.54) is 12.8 Å². The molecule has 0 spiro atoms. The summed E-state index contributed by atoms with van der Waals surface area (Å²) in [7, 11) is 0. The minimum atomic E-state index is -0.864. The molecule has 1 unspecified atom stereocenters. The number of unbranched alkanes of at least 4 members (excludes halogenated alkanes) is 4. The smallest absolute Gasteiger partial charge is 0.325 e. The third-order valence-electron chi connectivity index (χ3n) is 5.15. The highest BCUT2D eigenvalue weighted by molar-refractivity contribution is 6.08. The first kappa shape index (κ1) is 18.7. The van der Waals surface area contributed by atoms with Crippen molar-refractivity contribution in [2.24, 2.45) is 0 Å². The number of nitrogens with one attached hydrogen (secondary N) is 2. The molecule has 6 nitrogen and oxygen atoms in total. The van der Waals surface area contributed by atoms with Crippen molar-refractivity contribution in [1.82, 2.24) is 15.5 Å². The lowest BCUT2D eigenvalue weighted by Crippen LogP contribution is -2.46. The lowest BCUT2D eigenvalue weighted by molar-refractivity contribution is -0.135. The van der Waals surface area contributed by atoms with Crippen LogP contribution < -0.4 is 10.6 Å². The number of amides is 4. The summed E-state index contributed by atoms with van der Waals surface area (Å²) in [6.45, 7) is 3.76. The third-order valence-corrected chi connectivity index (χ3v) is 5.15. The van der Waals surface area contributed by atoms with Crippen molar-refractivity contribution in [2.45, 2.75) is 89.6 Å². The van der Waals surface area contributed by atoms with Crippen LogP contribution in [-0.2, 0) is 9.59 Å². The summed E-state index contributed by atoms with van der Waals surface area (Å²) < 4.78 is 0. The Labute approximate surface area is 144 Å². The molecule has 2 N–H and O–H groups in total. The Morgan fingerprint density at radius 3 is 2.54 bits per heavy atom. The molecule has 2 fully saturated rings. The van der Waals surface area contributed by atoms with Crippen LogP contribution in [0.1, 0.15) is 78.1 Å². The average molecular weight is 337 g/mol. The molecule has 24 heavy (non-hydrogen) atoms. The normalized spacial score (nSPS) is 24.5. The van der Waals surface area contributed by atoms with Crippen LogP contribution in [0, 0.1) is 0 Å².